The van der Waals surface area contributed by atoms with Gasteiger partial charge in [-0.05, 0) is 48.1 Å². The van der Waals surface area contributed by atoms with Crippen molar-refractivity contribution in [1.29, 1.82) is 0 Å². The maximum Gasteiger partial charge on any atom is 0.337 e. The van der Waals surface area contributed by atoms with Crippen LogP contribution < -0.4 is 10.7 Å². The highest BCUT2D eigenvalue weighted by Crippen LogP contribution is 2.13. The van der Waals surface area contributed by atoms with E-state index in [2.05, 4.69) is 9.72 Å². The summed E-state index contributed by atoms with van der Waals surface area (Å²) in [4.78, 5) is 27.3. The highest BCUT2D eigenvalue weighted by molar-refractivity contribution is 7.89. The molecule has 140 valence electrons. The number of carbonyl (C=O) groups excluding carboxylic acids is 1. The van der Waals surface area contributed by atoms with Crippen LogP contribution in [0.4, 0.5) is 0 Å². The molecule has 0 atom stereocenters. The van der Waals surface area contributed by atoms with Gasteiger partial charge in [0, 0.05) is 0 Å². The van der Waals surface area contributed by atoms with Crippen LogP contribution in [0.5, 0.6) is 0 Å². The zero-order valence-corrected chi connectivity index (χ0v) is 15.8. The van der Waals surface area contributed by atoms with Crippen molar-refractivity contribution in [3.8, 4) is 0 Å². The molecule has 0 saturated carbocycles. The van der Waals surface area contributed by atoms with Crippen LogP contribution in [-0.2, 0) is 21.3 Å². The molecule has 0 aliphatic carbocycles. The number of nitrogens with zero attached hydrogens (tertiary/aromatic N) is 1. The van der Waals surface area contributed by atoms with Crippen LogP contribution in [-0.4, -0.2) is 31.0 Å². The Bertz CT molecular complexity index is 1260. The number of esters is 1. The molecule has 27 heavy (non-hydrogen) atoms. The largest absolute Gasteiger partial charge is 0.465 e. The number of benzene rings is 2. The van der Waals surface area contributed by atoms with Crippen molar-refractivity contribution in [3.05, 3.63) is 68.7 Å². The first-order valence-electron chi connectivity index (χ1n) is 7.67. The number of primary sulfonamides is 1. The molecule has 0 amide bonds. The lowest BCUT2D eigenvalue weighted by Gasteiger charge is -2.09. The number of hydrogen-bond donors (Lipinski definition) is 2. The van der Waals surface area contributed by atoms with Gasteiger partial charge in [0.1, 0.15) is 0 Å². The number of nitrogens with one attached hydrogen (secondary N) is 1. The Balaban J connectivity index is 2.04. The lowest BCUT2D eigenvalue weighted by atomic mass is 10.1. The lowest BCUT2D eigenvalue weighted by molar-refractivity contribution is 0.0601. The molecule has 3 N–H and O–H groups in total. The van der Waals surface area contributed by atoms with Crippen LogP contribution >= 0.6 is 12.2 Å². The van der Waals surface area contributed by atoms with E-state index in [1.807, 2.05) is 0 Å². The van der Waals surface area contributed by atoms with E-state index in [-0.39, 0.29) is 21.8 Å². The number of fused-ring (bicyclic) bond motifs is 1. The molecule has 8 nitrogen and oxygen atoms in total. The number of carbonyl (C=O) groups is 1. The molecule has 0 fully saturated rings. The number of H-pyrrole nitrogens is 1. The average molecular weight is 405 g/mol. The van der Waals surface area contributed by atoms with Crippen molar-refractivity contribution in [2.75, 3.05) is 7.11 Å². The molecule has 0 aliphatic heterocycles. The second-order valence-electron chi connectivity index (χ2n) is 5.76. The van der Waals surface area contributed by atoms with Crippen LogP contribution in [0.25, 0.3) is 10.9 Å². The second-order valence-corrected chi connectivity index (χ2v) is 7.71. The maximum atomic E-state index is 12.8. The molecule has 2 aromatic carbocycles. The van der Waals surface area contributed by atoms with Gasteiger partial charge in [-0.1, -0.05) is 12.1 Å². The van der Waals surface area contributed by atoms with Gasteiger partial charge in [-0.25, -0.2) is 18.4 Å². The Morgan fingerprint density at radius 2 is 1.89 bits per heavy atom. The normalized spacial score (nSPS) is 11.5. The smallest absolute Gasteiger partial charge is 0.337 e. The van der Waals surface area contributed by atoms with Crippen molar-refractivity contribution in [2.45, 2.75) is 11.4 Å². The highest BCUT2D eigenvalue weighted by Gasteiger charge is 2.12. The molecule has 0 bridgehead atoms. The lowest BCUT2D eigenvalue weighted by Crippen LogP contribution is -2.23. The first-order valence-corrected chi connectivity index (χ1v) is 9.63. The topological polar surface area (TPSA) is 124 Å². The fourth-order valence-corrected chi connectivity index (χ4v) is 3.38. The predicted octanol–water partition coefficient (Wildman–Crippen LogP) is 1.54. The van der Waals surface area contributed by atoms with Gasteiger partial charge in [-0.2, -0.15) is 0 Å². The van der Waals surface area contributed by atoms with Gasteiger partial charge in [0.2, 0.25) is 10.0 Å². The summed E-state index contributed by atoms with van der Waals surface area (Å²) in [6.07, 6.45) is 0. The number of methoxy groups -OCH3 is 1. The SMILES string of the molecule is COC(=O)c1ccc2c(=O)n(Cc3ccc(S(N)(=O)=O)cc3)c(=S)[nH]c2c1. The van der Waals surface area contributed by atoms with E-state index in [0.29, 0.717) is 22.0 Å². The van der Waals surface area contributed by atoms with Gasteiger partial charge in [-0.15, -0.1) is 0 Å². The summed E-state index contributed by atoms with van der Waals surface area (Å²) >= 11 is 5.26. The van der Waals surface area contributed by atoms with E-state index in [0.717, 1.165) is 0 Å². The van der Waals surface area contributed by atoms with E-state index in [1.54, 1.807) is 12.1 Å². The van der Waals surface area contributed by atoms with Crippen LogP contribution in [0.15, 0.2) is 52.2 Å². The van der Waals surface area contributed by atoms with Crippen LogP contribution in [0, 0.1) is 4.77 Å². The molecule has 0 saturated heterocycles. The first-order chi connectivity index (χ1) is 12.7. The standard InChI is InChI=1S/C17H15N3O5S2/c1-25-16(22)11-4-7-13-14(8-11)19-17(26)20(15(13)21)9-10-2-5-12(6-3-10)27(18,23)24/h2-8H,9H2,1H3,(H,19,26)(H2,18,23,24). The molecular weight excluding hydrogens is 390 g/mol. The molecule has 3 rings (SSSR count). The number of rotatable bonds is 4. The predicted molar refractivity (Wildman–Crippen MR) is 102 cm³/mol. The van der Waals surface area contributed by atoms with Crippen molar-refractivity contribution >= 4 is 39.1 Å². The minimum Gasteiger partial charge on any atom is -0.465 e. The highest BCUT2D eigenvalue weighted by atomic mass is 32.2. The van der Waals surface area contributed by atoms with E-state index >= 15 is 0 Å². The third kappa shape index (κ3) is 3.82. The molecular formula is C17H15N3O5S2. The fourth-order valence-electron chi connectivity index (χ4n) is 2.61. The number of hydrogen-bond acceptors (Lipinski definition) is 6. The van der Waals surface area contributed by atoms with Gasteiger partial charge < -0.3 is 9.72 Å². The minimum atomic E-state index is -3.78. The molecule has 0 aliphatic rings. The summed E-state index contributed by atoms with van der Waals surface area (Å²) in [5, 5.41) is 5.43. The van der Waals surface area contributed by atoms with E-state index in [4.69, 9.17) is 17.4 Å². The molecule has 0 spiro atoms. The van der Waals surface area contributed by atoms with Gasteiger partial charge in [0.05, 0.1) is 35.0 Å². The molecule has 1 heterocycles. The molecule has 10 heteroatoms. The second kappa shape index (κ2) is 7.06. The zero-order valence-electron chi connectivity index (χ0n) is 14.1. The summed E-state index contributed by atoms with van der Waals surface area (Å²) < 4.78 is 28.8. The summed E-state index contributed by atoms with van der Waals surface area (Å²) in [5.74, 6) is -0.518. The Morgan fingerprint density at radius 1 is 1.22 bits per heavy atom. The van der Waals surface area contributed by atoms with Gasteiger partial charge >= 0.3 is 5.97 Å². The van der Waals surface area contributed by atoms with Gasteiger partial charge in [-0.3, -0.25) is 9.36 Å². The Kier molecular flexibility index (Phi) is 4.96. The Labute approximate surface area is 159 Å². The van der Waals surface area contributed by atoms with Crippen molar-refractivity contribution in [2.24, 2.45) is 5.14 Å². The summed E-state index contributed by atoms with van der Waals surface area (Å²) in [5.41, 5.74) is 1.07. The third-order valence-corrected chi connectivity index (χ3v) is 5.25. The molecule has 3 aromatic rings. The fraction of sp³-hybridized carbons (Fsp3) is 0.118. The number of sulfonamides is 1. The number of nitrogens with two attached hydrogens (primary N) is 1. The molecule has 1 aromatic heterocycles. The Hall–Kier alpha value is -2.82. The number of aromatic amines is 1. The van der Waals surface area contributed by atoms with Crippen LogP contribution in [0.3, 0.4) is 0 Å². The first kappa shape index (κ1) is 19.0. The number of aromatic nitrogens is 2. The zero-order chi connectivity index (χ0) is 19.8. The van der Waals surface area contributed by atoms with E-state index in [9.17, 15) is 18.0 Å². The van der Waals surface area contributed by atoms with Crippen LogP contribution in [0.1, 0.15) is 15.9 Å². The quantitative estimate of drug-likeness (QED) is 0.501. The third-order valence-electron chi connectivity index (χ3n) is 4.00. The minimum absolute atomic E-state index is 0.0161. The monoisotopic (exact) mass is 405 g/mol. The number of ether oxygens (including phenoxy) is 1. The van der Waals surface area contributed by atoms with Crippen LogP contribution in [0.2, 0.25) is 0 Å². The summed E-state index contributed by atoms with van der Waals surface area (Å²) in [6.45, 7) is 0.147. The van der Waals surface area contributed by atoms with E-state index in [1.165, 1.54) is 42.0 Å². The Morgan fingerprint density at radius 3 is 2.48 bits per heavy atom. The average Bonchev–Trinajstić information content (AvgIpc) is 2.63. The van der Waals surface area contributed by atoms with Gasteiger partial charge in [0.25, 0.3) is 5.56 Å². The summed E-state index contributed by atoms with van der Waals surface area (Å²) in [7, 11) is -2.51. The molecule has 0 radical (unpaired) electrons. The van der Waals surface area contributed by atoms with E-state index < -0.39 is 16.0 Å². The maximum absolute atomic E-state index is 12.8. The van der Waals surface area contributed by atoms with Crippen molar-refractivity contribution in [1.82, 2.24) is 9.55 Å². The summed E-state index contributed by atoms with van der Waals surface area (Å²) in [6, 6.07) is 10.4. The van der Waals surface area contributed by atoms with Gasteiger partial charge in [0.15, 0.2) is 4.77 Å². The van der Waals surface area contributed by atoms with Crippen molar-refractivity contribution < 1.29 is 17.9 Å². The van der Waals surface area contributed by atoms with Crippen molar-refractivity contribution in [3.63, 3.8) is 0 Å². The molecule has 0 unspecified atom stereocenters.